The Kier molecular flexibility index (Phi) is 4.87. The third kappa shape index (κ3) is 3.63. The summed E-state index contributed by atoms with van der Waals surface area (Å²) < 4.78 is 36.7. The average molecular weight is 395 g/mol. The van der Waals surface area contributed by atoms with E-state index in [1.54, 1.807) is 0 Å². The van der Waals surface area contributed by atoms with E-state index in [1.807, 2.05) is 0 Å². The first-order chi connectivity index (χ1) is 12.8. The van der Waals surface area contributed by atoms with Gasteiger partial charge in [-0.05, 0) is 24.3 Å². The summed E-state index contributed by atoms with van der Waals surface area (Å²) in [4.78, 5) is 26.3. The minimum Gasteiger partial charge on any atom is -0.496 e. The molecule has 138 valence electrons. The van der Waals surface area contributed by atoms with Gasteiger partial charge in [-0.25, -0.2) is 18.6 Å². The second kappa shape index (κ2) is 7.12. The maximum absolute atomic E-state index is 13.4. The lowest BCUT2D eigenvalue weighted by Crippen LogP contribution is -2.07. The molecule has 0 aliphatic carbocycles. The molecule has 10 heteroatoms. The summed E-state index contributed by atoms with van der Waals surface area (Å²) in [5.41, 5.74) is -0.343. The fourth-order valence-corrected chi connectivity index (χ4v) is 2.54. The monoisotopic (exact) mass is 394 g/mol. The first kappa shape index (κ1) is 18.5. The normalized spacial score (nSPS) is 14.9. The summed E-state index contributed by atoms with van der Waals surface area (Å²) in [6.45, 7) is 0. The van der Waals surface area contributed by atoms with Gasteiger partial charge in [0.15, 0.2) is 17.3 Å². The Labute approximate surface area is 155 Å². The number of cyclic esters (lactones) is 1. The van der Waals surface area contributed by atoms with Gasteiger partial charge in [-0.15, -0.1) is 0 Å². The van der Waals surface area contributed by atoms with Gasteiger partial charge in [0.25, 0.3) is 5.69 Å². The quantitative estimate of drug-likeness (QED) is 0.258. The van der Waals surface area contributed by atoms with E-state index in [9.17, 15) is 23.7 Å². The number of ether oxygens (including phenoxy) is 2. The van der Waals surface area contributed by atoms with E-state index < -0.39 is 22.5 Å². The van der Waals surface area contributed by atoms with Crippen molar-refractivity contribution in [2.24, 2.45) is 4.99 Å². The molecule has 0 aromatic heterocycles. The summed E-state index contributed by atoms with van der Waals surface area (Å²) in [6.07, 6.45) is 1.22. The maximum Gasteiger partial charge on any atom is 0.363 e. The average Bonchev–Trinajstić information content (AvgIpc) is 2.98. The molecule has 0 bridgehead atoms. The van der Waals surface area contributed by atoms with Crippen LogP contribution in [0, 0.1) is 21.7 Å². The molecule has 27 heavy (non-hydrogen) atoms. The van der Waals surface area contributed by atoms with Crippen LogP contribution in [0.5, 0.6) is 5.75 Å². The molecule has 3 rings (SSSR count). The fourth-order valence-electron chi connectivity index (χ4n) is 2.31. The molecule has 0 spiro atoms. The van der Waals surface area contributed by atoms with Crippen LogP contribution in [-0.2, 0) is 9.53 Å². The molecule has 2 aromatic carbocycles. The Morgan fingerprint density at radius 3 is 2.63 bits per heavy atom. The van der Waals surface area contributed by atoms with E-state index in [1.165, 1.54) is 31.4 Å². The van der Waals surface area contributed by atoms with E-state index in [0.29, 0.717) is 0 Å². The summed E-state index contributed by atoms with van der Waals surface area (Å²) in [7, 11) is 1.35. The number of rotatable bonds is 4. The smallest absolute Gasteiger partial charge is 0.363 e. The lowest BCUT2D eigenvalue weighted by atomic mass is 10.1. The largest absolute Gasteiger partial charge is 0.496 e. The van der Waals surface area contributed by atoms with Gasteiger partial charge >= 0.3 is 5.97 Å². The highest BCUT2D eigenvalue weighted by Crippen LogP contribution is 2.29. The second-order valence-corrected chi connectivity index (χ2v) is 5.67. The van der Waals surface area contributed by atoms with E-state index in [0.717, 1.165) is 12.1 Å². The lowest BCUT2D eigenvalue weighted by Gasteiger charge is -2.04. The van der Waals surface area contributed by atoms with E-state index in [4.69, 9.17) is 21.1 Å². The van der Waals surface area contributed by atoms with Crippen LogP contribution >= 0.6 is 11.6 Å². The SMILES string of the molecule is COc1ccc([N+](=O)[O-])cc1C=C1N=C(c2cc(F)c(F)cc2Cl)OC1=O. The number of aliphatic imine (C=N–C) groups is 1. The van der Waals surface area contributed by atoms with Crippen molar-refractivity contribution in [1.29, 1.82) is 0 Å². The molecule has 0 unspecified atom stereocenters. The number of benzene rings is 2. The zero-order chi connectivity index (χ0) is 19.7. The summed E-state index contributed by atoms with van der Waals surface area (Å²) in [5.74, 6) is -3.30. The first-order valence-corrected chi connectivity index (χ1v) is 7.68. The van der Waals surface area contributed by atoms with Gasteiger partial charge in [-0.3, -0.25) is 10.1 Å². The molecule has 0 saturated heterocycles. The summed E-state index contributed by atoms with van der Waals surface area (Å²) >= 11 is 5.85. The minimum absolute atomic E-state index is 0.113. The first-order valence-electron chi connectivity index (χ1n) is 7.30. The predicted molar refractivity (Wildman–Crippen MR) is 91.6 cm³/mol. The van der Waals surface area contributed by atoms with Crippen molar-refractivity contribution in [3.63, 3.8) is 0 Å². The number of hydrogen-bond acceptors (Lipinski definition) is 6. The Bertz CT molecular complexity index is 1040. The number of esters is 1. The summed E-state index contributed by atoms with van der Waals surface area (Å²) in [6, 6.07) is 5.27. The predicted octanol–water partition coefficient (Wildman–Crippen LogP) is 3.88. The Morgan fingerprint density at radius 2 is 1.96 bits per heavy atom. The minimum atomic E-state index is -1.19. The van der Waals surface area contributed by atoms with Crippen molar-refractivity contribution in [2.45, 2.75) is 0 Å². The number of halogens is 3. The Hall–Kier alpha value is -3.33. The van der Waals surface area contributed by atoms with E-state index in [-0.39, 0.29) is 39.2 Å². The van der Waals surface area contributed by atoms with Crippen LogP contribution in [0.1, 0.15) is 11.1 Å². The molecule has 0 amide bonds. The van der Waals surface area contributed by atoms with Gasteiger partial charge in [0.05, 0.1) is 22.6 Å². The molecule has 0 N–H and O–H groups in total. The molecule has 2 aromatic rings. The van der Waals surface area contributed by atoms with Gasteiger partial charge in [-0.2, -0.15) is 0 Å². The van der Waals surface area contributed by atoms with E-state index in [2.05, 4.69) is 4.99 Å². The highest BCUT2D eigenvalue weighted by molar-refractivity contribution is 6.34. The van der Waals surface area contributed by atoms with Crippen LogP contribution in [0.25, 0.3) is 6.08 Å². The molecule has 1 aliphatic heterocycles. The highest BCUT2D eigenvalue weighted by atomic mass is 35.5. The van der Waals surface area contributed by atoms with Crippen LogP contribution in [0.4, 0.5) is 14.5 Å². The van der Waals surface area contributed by atoms with Crippen LogP contribution < -0.4 is 4.74 Å². The van der Waals surface area contributed by atoms with Crippen LogP contribution in [0.3, 0.4) is 0 Å². The third-order valence-electron chi connectivity index (χ3n) is 3.58. The number of nitrogens with zero attached hydrogens (tertiary/aromatic N) is 2. The molecule has 1 aliphatic rings. The topological polar surface area (TPSA) is 91.0 Å². The number of hydrogen-bond donors (Lipinski definition) is 0. The molecule has 0 atom stereocenters. The zero-order valence-electron chi connectivity index (χ0n) is 13.5. The van der Waals surface area contributed by atoms with E-state index >= 15 is 0 Å². The van der Waals surface area contributed by atoms with Crippen molar-refractivity contribution in [1.82, 2.24) is 0 Å². The van der Waals surface area contributed by atoms with Crippen LogP contribution in [0.15, 0.2) is 41.0 Å². The van der Waals surface area contributed by atoms with Gasteiger partial charge in [0.1, 0.15) is 5.75 Å². The Morgan fingerprint density at radius 1 is 1.26 bits per heavy atom. The molecule has 0 radical (unpaired) electrons. The number of nitro groups is 1. The van der Waals surface area contributed by atoms with Gasteiger partial charge in [0.2, 0.25) is 5.90 Å². The van der Waals surface area contributed by atoms with Gasteiger partial charge in [0, 0.05) is 17.7 Å². The van der Waals surface area contributed by atoms with Gasteiger partial charge in [-0.1, -0.05) is 11.6 Å². The number of carbonyl (C=O) groups excluding carboxylic acids is 1. The lowest BCUT2D eigenvalue weighted by molar-refractivity contribution is -0.384. The summed E-state index contributed by atoms with van der Waals surface area (Å²) in [5, 5.41) is 10.7. The van der Waals surface area contributed by atoms with Crippen molar-refractivity contribution >= 4 is 35.2 Å². The zero-order valence-corrected chi connectivity index (χ0v) is 14.3. The molecular formula is C17H9ClF2N2O5. The third-order valence-corrected chi connectivity index (χ3v) is 3.89. The molecule has 0 fully saturated rings. The molecule has 1 heterocycles. The van der Waals surface area contributed by atoms with Crippen molar-refractivity contribution < 1.29 is 28.0 Å². The molecule has 0 saturated carbocycles. The fraction of sp³-hybridized carbons (Fsp3) is 0.0588. The van der Waals surface area contributed by atoms with Crippen molar-refractivity contribution in [2.75, 3.05) is 7.11 Å². The van der Waals surface area contributed by atoms with Crippen LogP contribution in [-0.4, -0.2) is 23.9 Å². The second-order valence-electron chi connectivity index (χ2n) is 5.27. The number of non-ortho nitro benzene ring substituents is 1. The highest BCUT2D eigenvalue weighted by Gasteiger charge is 2.27. The maximum atomic E-state index is 13.4. The van der Waals surface area contributed by atoms with Gasteiger partial charge < -0.3 is 9.47 Å². The van der Waals surface area contributed by atoms with Crippen LogP contribution in [0.2, 0.25) is 5.02 Å². The number of carbonyl (C=O) groups is 1. The number of methoxy groups -OCH3 is 1. The van der Waals surface area contributed by atoms with Crippen molar-refractivity contribution in [3.05, 3.63) is 73.9 Å². The Balaban J connectivity index is 2.06. The standard InChI is InChI=1S/C17H9ClF2N2O5/c1-26-15-3-2-9(22(24)25)4-8(15)5-14-17(23)27-16(21-14)10-6-12(19)13(20)7-11(10)18/h2-7H,1H3. The number of nitro benzene ring substituents is 1. The molecular weight excluding hydrogens is 386 g/mol. The van der Waals surface area contributed by atoms with Crippen molar-refractivity contribution in [3.8, 4) is 5.75 Å². The molecule has 7 nitrogen and oxygen atoms in total.